The highest BCUT2D eigenvalue weighted by molar-refractivity contribution is 7.99. The summed E-state index contributed by atoms with van der Waals surface area (Å²) in [5, 5.41) is 1.06. The Labute approximate surface area is 141 Å². The summed E-state index contributed by atoms with van der Waals surface area (Å²) in [6, 6.07) is 18.6. The van der Waals surface area contributed by atoms with Crippen LogP contribution in [0.25, 0.3) is 11.3 Å². The zero-order valence-corrected chi connectivity index (χ0v) is 14.2. The Bertz CT molecular complexity index is 751. The molecule has 3 nitrogen and oxygen atoms in total. The number of benzene rings is 2. The van der Waals surface area contributed by atoms with Crippen LogP contribution < -0.4 is 4.74 Å². The molecule has 0 unspecified atom stereocenters. The highest BCUT2D eigenvalue weighted by Crippen LogP contribution is 2.28. The van der Waals surface area contributed by atoms with Gasteiger partial charge in [0.15, 0.2) is 5.16 Å². The van der Waals surface area contributed by atoms with Crippen LogP contribution in [0.3, 0.4) is 0 Å². The molecule has 0 N–H and O–H groups in total. The summed E-state index contributed by atoms with van der Waals surface area (Å²) in [5.41, 5.74) is 3.56. The number of methoxy groups -OCH3 is 1. The standard InChI is InChI=1S/C19H20N2OS/c1-3-23-19-20-13-18(16-9-11-17(22-2)12-10-16)21(19)14-15-7-5-4-6-8-15/h4-13H,3,14H2,1-2H3. The van der Waals surface area contributed by atoms with Gasteiger partial charge in [-0.05, 0) is 35.6 Å². The Hall–Kier alpha value is -2.20. The van der Waals surface area contributed by atoms with Crippen molar-refractivity contribution in [2.45, 2.75) is 18.6 Å². The fourth-order valence-corrected chi connectivity index (χ4v) is 3.22. The first-order chi connectivity index (χ1) is 11.3. The number of rotatable bonds is 6. The van der Waals surface area contributed by atoms with Crippen LogP contribution in [0.4, 0.5) is 0 Å². The van der Waals surface area contributed by atoms with Crippen molar-refractivity contribution in [1.29, 1.82) is 0 Å². The monoisotopic (exact) mass is 324 g/mol. The fourth-order valence-electron chi connectivity index (χ4n) is 2.51. The molecule has 118 valence electrons. The topological polar surface area (TPSA) is 27.1 Å². The molecule has 0 amide bonds. The first kappa shape index (κ1) is 15.7. The van der Waals surface area contributed by atoms with Crippen LogP contribution in [-0.2, 0) is 6.54 Å². The maximum atomic E-state index is 5.25. The van der Waals surface area contributed by atoms with Crippen molar-refractivity contribution in [2.75, 3.05) is 12.9 Å². The quantitative estimate of drug-likeness (QED) is 0.614. The van der Waals surface area contributed by atoms with E-state index in [1.165, 1.54) is 5.56 Å². The van der Waals surface area contributed by atoms with E-state index in [9.17, 15) is 0 Å². The van der Waals surface area contributed by atoms with E-state index in [4.69, 9.17) is 4.74 Å². The molecule has 0 bridgehead atoms. The summed E-state index contributed by atoms with van der Waals surface area (Å²) in [6.07, 6.45) is 1.96. The van der Waals surface area contributed by atoms with Gasteiger partial charge in [0.05, 0.1) is 25.5 Å². The number of imidazole rings is 1. The summed E-state index contributed by atoms with van der Waals surface area (Å²) >= 11 is 1.77. The van der Waals surface area contributed by atoms with E-state index < -0.39 is 0 Å². The van der Waals surface area contributed by atoms with Crippen LogP contribution in [0.2, 0.25) is 0 Å². The molecule has 0 spiro atoms. The number of hydrogen-bond acceptors (Lipinski definition) is 3. The van der Waals surface area contributed by atoms with Crippen LogP contribution in [0, 0.1) is 0 Å². The Morgan fingerprint density at radius 1 is 1.04 bits per heavy atom. The highest BCUT2D eigenvalue weighted by Gasteiger charge is 2.12. The summed E-state index contributed by atoms with van der Waals surface area (Å²) in [7, 11) is 1.69. The lowest BCUT2D eigenvalue weighted by atomic mass is 10.1. The average Bonchev–Trinajstić information content (AvgIpc) is 2.99. The van der Waals surface area contributed by atoms with Crippen molar-refractivity contribution in [3.63, 3.8) is 0 Å². The molecule has 0 atom stereocenters. The van der Waals surface area contributed by atoms with Gasteiger partial charge in [0, 0.05) is 5.56 Å². The van der Waals surface area contributed by atoms with Gasteiger partial charge in [0.1, 0.15) is 5.75 Å². The van der Waals surface area contributed by atoms with E-state index in [-0.39, 0.29) is 0 Å². The third kappa shape index (κ3) is 3.59. The molecule has 0 aliphatic carbocycles. The van der Waals surface area contributed by atoms with Gasteiger partial charge in [-0.3, -0.25) is 0 Å². The molecule has 0 aliphatic rings. The summed E-state index contributed by atoms with van der Waals surface area (Å²) in [6.45, 7) is 2.98. The predicted molar refractivity (Wildman–Crippen MR) is 96.2 cm³/mol. The minimum atomic E-state index is 0.824. The van der Waals surface area contributed by atoms with Crippen molar-refractivity contribution >= 4 is 11.8 Å². The summed E-state index contributed by atoms with van der Waals surface area (Å²) in [5.74, 6) is 1.87. The smallest absolute Gasteiger partial charge is 0.168 e. The maximum Gasteiger partial charge on any atom is 0.168 e. The molecular weight excluding hydrogens is 304 g/mol. The Kier molecular flexibility index (Phi) is 5.03. The van der Waals surface area contributed by atoms with E-state index in [1.807, 2.05) is 24.4 Å². The lowest BCUT2D eigenvalue weighted by molar-refractivity contribution is 0.415. The zero-order chi connectivity index (χ0) is 16.1. The van der Waals surface area contributed by atoms with Crippen molar-refractivity contribution in [1.82, 2.24) is 9.55 Å². The molecular formula is C19H20N2OS. The Balaban J connectivity index is 1.98. The van der Waals surface area contributed by atoms with Gasteiger partial charge in [-0.25, -0.2) is 4.98 Å². The number of ether oxygens (including phenoxy) is 1. The maximum absolute atomic E-state index is 5.25. The number of hydrogen-bond donors (Lipinski definition) is 0. The molecule has 3 rings (SSSR count). The van der Waals surface area contributed by atoms with Crippen molar-refractivity contribution in [3.05, 3.63) is 66.4 Å². The zero-order valence-electron chi connectivity index (χ0n) is 13.4. The number of aromatic nitrogens is 2. The third-order valence-corrected chi connectivity index (χ3v) is 4.53. The van der Waals surface area contributed by atoms with E-state index in [2.05, 4.69) is 52.9 Å². The van der Waals surface area contributed by atoms with Gasteiger partial charge >= 0.3 is 0 Å². The van der Waals surface area contributed by atoms with Gasteiger partial charge in [-0.2, -0.15) is 0 Å². The number of nitrogens with zero attached hydrogens (tertiary/aromatic N) is 2. The molecule has 3 aromatic rings. The second-order valence-corrected chi connectivity index (χ2v) is 6.39. The van der Waals surface area contributed by atoms with Crippen molar-refractivity contribution in [3.8, 4) is 17.0 Å². The van der Waals surface area contributed by atoms with Gasteiger partial charge in [-0.1, -0.05) is 49.0 Å². The summed E-state index contributed by atoms with van der Waals surface area (Å²) in [4.78, 5) is 4.62. The van der Waals surface area contributed by atoms with E-state index in [0.717, 1.165) is 34.5 Å². The second-order valence-electron chi connectivity index (χ2n) is 5.16. The Morgan fingerprint density at radius 3 is 2.43 bits per heavy atom. The molecule has 0 saturated heterocycles. The van der Waals surface area contributed by atoms with Gasteiger partial charge in [0.25, 0.3) is 0 Å². The SMILES string of the molecule is CCSc1ncc(-c2ccc(OC)cc2)n1Cc1ccccc1. The van der Waals surface area contributed by atoms with E-state index in [1.54, 1.807) is 18.9 Å². The van der Waals surface area contributed by atoms with Crippen LogP contribution in [-0.4, -0.2) is 22.4 Å². The van der Waals surface area contributed by atoms with Crippen LogP contribution in [0.1, 0.15) is 12.5 Å². The van der Waals surface area contributed by atoms with Gasteiger partial charge < -0.3 is 9.30 Å². The lowest BCUT2D eigenvalue weighted by Gasteiger charge is -2.12. The molecule has 1 heterocycles. The largest absolute Gasteiger partial charge is 0.497 e. The fraction of sp³-hybridized carbons (Fsp3) is 0.211. The van der Waals surface area contributed by atoms with Crippen LogP contribution >= 0.6 is 11.8 Å². The number of thioether (sulfide) groups is 1. The summed E-state index contributed by atoms with van der Waals surface area (Å²) < 4.78 is 7.53. The highest BCUT2D eigenvalue weighted by atomic mass is 32.2. The average molecular weight is 324 g/mol. The lowest BCUT2D eigenvalue weighted by Crippen LogP contribution is -2.03. The third-order valence-electron chi connectivity index (χ3n) is 3.66. The van der Waals surface area contributed by atoms with E-state index in [0.29, 0.717) is 0 Å². The second kappa shape index (κ2) is 7.38. The molecule has 0 radical (unpaired) electrons. The van der Waals surface area contributed by atoms with Gasteiger partial charge in [-0.15, -0.1) is 0 Å². The molecule has 1 aromatic heterocycles. The van der Waals surface area contributed by atoms with Crippen LogP contribution in [0.5, 0.6) is 5.75 Å². The molecule has 2 aromatic carbocycles. The van der Waals surface area contributed by atoms with Crippen LogP contribution in [0.15, 0.2) is 66.0 Å². The minimum absolute atomic E-state index is 0.824. The Morgan fingerprint density at radius 2 is 1.78 bits per heavy atom. The first-order valence-electron chi connectivity index (χ1n) is 7.68. The van der Waals surface area contributed by atoms with Crippen molar-refractivity contribution in [2.24, 2.45) is 0 Å². The molecule has 23 heavy (non-hydrogen) atoms. The van der Waals surface area contributed by atoms with Crippen molar-refractivity contribution < 1.29 is 4.74 Å². The molecule has 4 heteroatoms. The molecule has 0 fully saturated rings. The van der Waals surface area contributed by atoms with Gasteiger partial charge in [0.2, 0.25) is 0 Å². The normalized spacial score (nSPS) is 10.7. The molecule has 0 saturated carbocycles. The van der Waals surface area contributed by atoms with E-state index >= 15 is 0 Å². The molecule has 0 aliphatic heterocycles. The predicted octanol–water partition coefficient (Wildman–Crippen LogP) is 4.72. The first-order valence-corrected chi connectivity index (χ1v) is 8.67. The minimum Gasteiger partial charge on any atom is -0.497 e.